The first-order valence-corrected chi connectivity index (χ1v) is 7.22. The third kappa shape index (κ3) is 3.20. The van der Waals surface area contributed by atoms with E-state index in [4.69, 9.17) is 4.74 Å². The van der Waals surface area contributed by atoms with Crippen molar-refractivity contribution in [2.24, 2.45) is 0 Å². The van der Waals surface area contributed by atoms with Crippen LogP contribution in [0.1, 0.15) is 43.4 Å². The predicted molar refractivity (Wildman–Crippen MR) is 82.0 cm³/mol. The van der Waals surface area contributed by atoms with Gasteiger partial charge in [-0.3, -0.25) is 0 Å². The number of rotatable bonds is 6. The van der Waals surface area contributed by atoms with Gasteiger partial charge in [0.1, 0.15) is 5.75 Å². The van der Waals surface area contributed by atoms with E-state index in [1.54, 1.807) is 0 Å². The Morgan fingerprint density at radius 2 is 1.60 bits per heavy atom. The van der Waals surface area contributed by atoms with Gasteiger partial charge in [0.05, 0.1) is 12.7 Å². The molecule has 0 heterocycles. The van der Waals surface area contributed by atoms with Gasteiger partial charge in [-0.05, 0) is 25.0 Å². The topological polar surface area (TPSA) is 29.5 Å². The molecule has 1 N–H and O–H groups in total. The fourth-order valence-electron chi connectivity index (χ4n) is 2.57. The van der Waals surface area contributed by atoms with Gasteiger partial charge in [0.25, 0.3) is 0 Å². The predicted octanol–water partition coefficient (Wildman–Crippen LogP) is 4.31. The van der Waals surface area contributed by atoms with Gasteiger partial charge in [0, 0.05) is 11.5 Å². The van der Waals surface area contributed by atoms with E-state index in [2.05, 4.69) is 19.1 Å². The first-order valence-electron chi connectivity index (χ1n) is 7.22. The molecule has 0 aliphatic rings. The minimum atomic E-state index is -0.551. The van der Waals surface area contributed by atoms with Crippen LogP contribution in [0.2, 0.25) is 0 Å². The molecule has 0 amide bonds. The van der Waals surface area contributed by atoms with Crippen LogP contribution in [0.25, 0.3) is 0 Å². The van der Waals surface area contributed by atoms with Crippen LogP contribution < -0.4 is 4.74 Å². The quantitative estimate of drug-likeness (QED) is 0.847. The number of para-hydroxylation sites is 1. The number of aliphatic hydroxyl groups is 1. The van der Waals surface area contributed by atoms with Gasteiger partial charge in [0.15, 0.2) is 0 Å². The second-order valence-corrected chi connectivity index (χ2v) is 4.84. The maximum Gasteiger partial charge on any atom is 0.125 e. The van der Waals surface area contributed by atoms with Crippen molar-refractivity contribution < 1.29 is 9.84 Å². The van der Waals surface area contributed by atoms with Crippen LogP contribution >= 0.6 is 0 Å². The van der Waals surface area contributed by atoms with Crippen LogP contribution in [0.3, 0.4) is 0 Å². The molecule has 106 valence electrons. The molecular weight excluding hydrogens is 248 g/mol. The lowest BCUT2D eigenvalue weighted by Crippen LogP contribution is -2.12. The Morgan fingerprint density at radius 3 is 2.25 bits per heavy atom. The summed E-state index contributed by atoms with van der Waals surface area (Å²) in [7, 11) is 0. The zero-order valence-electron chi connectivity index (χ0n) is 12.1. The number of benzene rings is 2. The van der Waals surface area contributed by atoms with Crippen molar-refractivity contribution in [3.05, 3.63) is 65.7 Å². The summed E-state index contributed by atoms with van der Waals surface area (Å²) in [4.78, 5) is 0. The Morgan fingerprint density at radius 1 is 0.950 bits per heavy atom. The molecular formula is C18H22O2. The highest BCUT2D eigenvalue weighted by molar-refractivity contribution is 5.37. The van der Waals surface area contributed by atoms with Crippen LogP contribution in [-0.2, 0) is 0 Å². The maximum absolute atomic E-state index is 10.8. The lowest BCUT2D eigenvalue weighted by Gasteiger charge is -2.24. The summed E-state index contributed by atoms with van der Waals surface area (Å²) in [6.07, 6.45) is 0.330. The molecule has 0 spiro atoms. The van der Waals surface area contributed by atoms with E-state index in [-0.39, 0.29) is 5.92 Å². The normalized spacial score (nSPS) is 13.8. The van der Waals surface area contributed by atoms with E-state index in [0.717, 1.165) is 23.3 Å². The van der Waals surface area contributed by atoms with Crippen LogP contribution in [0, 0.1) is 0 Å². The summed E-state index contributed by atoms with van der Waals surface area (Å²) in [5.41, 5.74) is 2.03. The summed E-state index contributed by atoms with van der Waals surface area (Å²) >= 11 is 0. The molecule has 0 radical (unpaired) electrons. The number of hydrogen-bond acceptors (Lipinski definition) is 2. The summed E-state index contributed by atoms with van der Waals surface area (Å²) < 4.78 is 5.63. The molecule has 2 unspecified atom stereocenters. The van der Waals surface area contributed by atoms with Crippen molar-refractivity contribution in [2.75, 3.05) is 6.61 Å². The molecule has 2 aromatic rings. The standard InChI is InChI=1S/C18H22O2/c1-3-15(14-10-6-5-7-11-14)18(19)16-12-8-9-13-17(16)20-4-2/h5-13,15,18-19H,3-4H2,1-2H3. The Balaban J connectivity index is 2.31. The average Bonchev–Trinajstić information content (AvgIpc) is 2.50. The molecule has 2 atom stereocenters. The molecule has 0 bridgehead atoms. The van der Waals surface area contributed by atoms with Gasteiger partial charge in [0.2, 0.25) is 0 Å². The second-order valence-electron chi connectivity index (χ2n) is 4.84. The Bertz CT molecular complexity index is 522. The second kappa shape index (κ2) is 7.11. The minimum absolute atomic E-state index is 0.0813. The first-order chi connectivity index (χ1) is 9.77. The molecule has 2 nitrogen and oxygen atoms in total. The van der Waals surface area contributed by atoms with E-state index < -0.39 is 6.10 Å². The SMILES string of the molecule is CCOc1ccccc1C(O)C(CC)c1ccccc1. The van der Waals surface area contributed by atoms with Crippen LogP contribution in [0.5, 0.6) is 5.75 Å². The molecule has 20 heavy (non-hydrogen) atoms. The lowest BCUT2D eigenvalue weighted by atomic mass is 9.87. The Hall–Kier alpha value is -1.80. The van der Waals surface area contributed by atoms with E-state index in [9.17, 15) is 5.11 Å². The summed E-state index contributed by atoms with van der Waals surface area (Å²) in [5.74, 6) is 0.856. The lowest BCUT2D eigenvalue weighted by molar-refractivity contribution is 0.138. The Kier molecular flexibility index (Phi) is 5.19. The highest BCUT2D eigenvalue weighted by Gasteiger charge is 2.23. The molecule has 0 aliphatic carbocycles. The molecule has 2 rings (SSSR count). The van der Waals surface area contributed by atoms with Crippen LogP contribution in [0.15, 0.2) is 54.6 Å². The zero-order chi connectivity index (χ0) is 14.4. The maximum atomic E-state index is 10.8. The highest BCUT2D eigenvalue weighted by Crippen LogP contribution is 2.37. The van der Waals surface area contributed by atoms with Gasteiger partial charge in [-0.1, -0.05) is 55.5 Å². The van der Waals surface area contributed by atoms with Crippen molar-refractivity contribution in [3.8, 4) is 5.75 Å². The van der Waals surface area contributed by atoms with Gasteiger partial charge >= 0.3 is 0 Å². The molecule has 0 saturated carbocycles. The van der Waals surface area contributed by atoms with Crippen molar-refractivity contribution in [1.29, 1.82) is 0 Å². The van der Waals surface area contributed by atoms with Crippen molar-refractivity contribution >= 4 is 0 Å². The van der Waals surface area contributed by atoms with Crippen molar-refractivity contribution in [3.63, 3.8) is 0 Å². The van der Waals surface area contributed by atoms with E-state index in [1.807, 2.05) is 49.4 Å². The van der Waals surface area contributed by atoms with Gasteiger partial charge in [-0.25, -0.2) is 0 Å². The van der Waals surface area contributed by atoms with Gasteiger partial charge in [-0.15, -0.1) is 0 Å². The largest absolute Gasteiger partial charge is 0.493 e. The fourth-order valence-corrected chi connectivity index (χ4v) is 2.57. The number of ether oxygens (including phenoxy) is 1. The van der Waals surface area contributed by atoms with E-state index in [0.29, 0.717) is 6.61 Å². The van der Waals surface area contributed by atoms with Crippen LogP contribution in [-0.4, -0.2) is 11.7 Å². The summed E-state index contributed by atoms with van der Waals surface area (Å²) in [5, 5.41) is 10.8. The average molecular weight is 270 g/mol. The van der Waals surface area contributed by atoms with Crippen molar-refractivity contribution in [2.45, 2.75) is 32.3 Å². The third-order valence-electron chi connectivity index (χ3n) is 3.59. The van der Waals surface area contributed by atoms with Gasteiger partial charge < -0.3 is 9.84 Å². The molecule has 0 saturated heterocycles. The minimum Gasteiger partial charge on any atom is -0.493 e. The smallest absolute Gasteiger partial charge is 0.125 e. The summed E-state index contributed by atoms with van der Waals surface area (Å²) in [6, 6.07) is 17.9. The third-order valence-corrected chi connectivity index (χ3v) is 3.59. The molecule has 0 aromatic heterocycles. The molecule has 0 aliphatic heterocycles. The molecule has 2 aromatic carbocycles. The highest BCUT2D eigenvalue weighted by atomic mass is 16.5. The first kappa shape index (κ1) is 14.6. The van der Waals surface area contributed by atoms with Gasteiger partial charge in [-0.2, -0.15) is 0 Å². The fraction of sp³-hybridized carbons (Fsp3) is 0.333. The number of aliphatic hydroxyl groups excluding tert-OH is 1. The molecule has 0 fully saturated rings. The Labute approximate surface area is 121 Å². The van der Waals surface area contributed by atoms with E-state index >= 15 is 0 Å². The van der Waals surface area contributed by atoms with Crippen molar-refractivity contribution in [1.82, 2.24) is 0 Å². The summed E-state index contributed by atoms with van der Waals surface area (Å²) in [6.45, 7) is 4.66. The monoisotopic (exact) mass is 270 g/mol. The zero-order valence-corrected chi connectivity index (χ0v) is 12.1. The van der Waals surface area contributed by atoms with E-state index in [1.165, 1.54) is 0 Å². The number of hydrogen-bond donors (Lipinski definition) is 1. The molecule has 2 heteroatoms. The van der Waals surface area contributed by atoms with Crippen LogP contribution in [0.4, 0.5) is 0 Å².